The van der Waals surface area contributed by atoms with Crippen LogP contribution in [0.5, 0.6) is 0 Å². The van der Waals surface area contributed by atoms with Crippen LogP contribution in [0.2, 0.25) is 0 Å². The molecule has 2 saturated heterocycles. The smallest absolute Gasteiger partial charge is 0.747 e. The first-order valence-electron chi connectivity index (χ1n) is 21.6. The fourth-order valence-electron chi connectivity index (χ4n) is 9.19. The molecule has 7 rings (SSSR count). The normalized spacial score (nSPS) is 29.4. The zero-order valence-electron chi connectivity index (χ0n) is 36.8. The summed E-state index contributed by atoms with van der Waals surface area (Å²) in [5.74, 6) is -3.57. The van der Waals surface area contributed by atoms with Gasteiger partial charge in [-0.2, -0.15) is 0 Å². The second kappa shape index (κ2) is 22.8. The van der Waals surface area contributed by atoms with E-state index in [9.17, 15) is 65.7 Å². The fraction of sp³-hybridized carbons (Fsp3) is 0.651. The van der Waals surface area contributed by atoms with Crippen molar-refractivity contribution in [3.8, 4) is 0 Å². The summed E-state index contributed by atoms with van der Waals surface area (Å²) in [7, 11) is -5.02. The van der Waals surface area contributed by atoms with Gasteiger partial charge in [0.2, 0.25) is 11.8 Å². The summed E-state index contributed by atoms with van der Waals surface area (Å²) in [5, 5.41) is -2.02. The Bertz CT molecular complexity index is 2030. The van der Waals surface area contributed by atoms with E-state index in [0.717, 1.165) is 56.3 Å². The predicted octanol–water partition coefficient (Wildman–Crippen LogP) is -1.06. The van der Waals surface area contributed by atoms with Crippen molar-refractivity contribution in [1.82, 2.24) is 19.8 Å². The third kappa shape index (κ3) is 13.4. The van der Waals surface area contributed by atoms with Gasteiger partial charge in [0.1, 0.15) is 26.9 Å². The molecule has 3 aliphatic carbocycles. The minimum atomic E-state index is -5.02. The Morgan fingerprint density at radius 3 is 1.23 bits per heavy atom. The Kier molecular flexibility index (Phi) is 18.6. The van der Waals surface area contributed by atoms with Crippen LogP contribution in [0.3, 0.4) is 0 Å². The van der Waals surface area contributed by atoms with E-state index in [1.165, 1.54) is 34.1 Å². The monoisotopic (exact) mass is 922 g/mol. The molecule has 4 aliphatic heterocycles. The van der Waals surface area contributed by atoms with E-state index < -0.39 is 45.5 Å². The largest absolute Gasteiger partial charge is 1.00 e. The summed E-state index contributed by atoms with van der Waals surface area (Å²) in [6.45, 7) is 6.43. The van der Waals surface area contributed by atoms with Gasteiger partial charge in [-0.1, -0.05) is 6.92 Å². The van der Waals surface area contributed by atoms with Crippen molar-refractivity contribution in [2.24, 2.45) is 41.4 Å². The van der Waals surface area contributed by atoms with Crippen molar-refractivity contribution in [3.63, 3.8) is 0 Å². The molecule has 8 amide bonds. The van der Waals surface area contributed by atoms with E-state index >= 15 is 0 Å². The Morgan fingerprint density at radius 1 is 0.562 bits per heavy atom. The number of Topliss-reactive ketones (excluding diaryl/α,β-unsaturated/α-hetero) is 2. The molecule has 0 radical (unpaired) electrons. The second-order valence-corrected chi connectivity index (χ2v) is 19.2. The molecule has 0 spiro atoms. The number of carbonyl (C=O) groups excluding carboxylic acids is 11. The first-order valence-corrected chi connectivity index (χ1v) is 23.1. The minimum Gasteiger partial charge on any atom is -0.747 e. The molecule has 64 heavy (non-hydrogen) atoms. The van der Waals surface area contributed by atoms with E-state index in [4.69, 9.17) is 4.84 Å². The Balaban J connectivity index is 0.000000218. The van der Waals surface area contributed by atoms with Crippen LogP contribution in [0.1, 0.15) is 111 Å². The van der Waals surface area contributed by atoms with Gasteiger partial charge in [0.15, 0.2) is 0 Å². The van der Waals surface area contributed by atoms with Crippen LogP contribution in [0.25, 0.3) is 0 Å². The Morgan fingerprint density at radius 2 is 0.922 bits per heavy atom. The first-order chi connectivity index (χ1) is 29.6. The Labute approximate surface area is 394 Å². The van der Waals surface area contributed by atoms with Gasteiger partial charge in [-0.05, 0) is 109 Å². The van der Waals surface area contributed by atoms with Gasteiger partial charge >= 0.3 is 35.5 Å². The molecular weight excluding hydrogens is 868 g/mol. The van der Waals surface area contributed by atoms with Gasteiger partial charge in [0, 0.05) is 68.1 Å². The van der Waals surface area contributed by atoms with E-state index in [-0.39, 0.29) is 112 Å². The standard InChI is InChI=1S/C16H18N2O9S.C14H21NO3.C13H17NO3.Na/c19-12-5-6-13(20)17(12)8-9-1-3-10(4-2-9)16(23)27-18-14(21)7-11(15(18)22)28(24,25)26;1-9-7-13(17)15(14(9)18)8-11-3-5-12(6-4-11)10(2)16;1-9(15)11-4-2-10(3-5-11)8-14-12(16)6-7-13(14)17;/h5-6,9-11H,1-4,7-8H2,(H,24,25,26);9,11-12H,3-8H2,1-2H3;6-7,10-11H,2-5,8H2,1H3;/q;;;+1/p-1. The van der Waals surface area contributed by atoms with Crippen molar-refractivity contribution in [1.29, 1.82) is 0 Å². The summed E-state index contributed by atoms with van der Waals surface area (Å²) >= 11 is 0. The summed E-state index contributed by atoms with van der Waals surface area (Å²) < 4.78 is 33.0. The molecule has 0 aromatic carbocycles. The molecule has 3 saturated carbocycles. The zero-order chi connectivity index (χ0) is 46.3. The summed E-state index contributed by atoms with van der Waals surface area (Å²) in [5.41, 5.74) is 0. The molecule has 2 unspecified atom stereocenters. The first kappa shape index (κ1) is 52.4. The average Bonchev–Trinajstić information content (AvgIpc) is 3.91. The van der Waals surface area contributed by atoms with E-state index in [0.29, 0.717) is 57.0 Å². The average molecular weight is 923 g/mol. The molecule has 7 aliphatic rings. The summed E-state index contributed by atoms with van der Waals surface area (Å²) in [6, 6.07) is 0. The maximum atomic E-state index is 12.2. The molecule has 21 heteroatoms. The fourth-order valence-corrected chi connectivity index (χ4v) is 9.88. The van der Waals surface area contributed by atoms with Gasteiger partial charge < -0.3 is 9.39 Å². The van der Waals surface area contributed by atoms with Crippen molar-refractivity contribution in [2.45, 2.75) is 116 Å². The van der Waals surface area contributed by atoms with Crippen LogP contribution in [-0.2, 0) is 67.7 Å². The molecule has 0 bridgehead atoms. The molecule has 0 aromatic heterocycles. The van der Waals surface area contributed by atoms with Crippen LogP contribution in [0, 0.1) is 41.4 Å². The van der Waals surface area contributed by atoms with Crippen molar-refractivity contribution in [2.75, 3.05) is 19.6 Å². The molecule has 0 N–H and O–H groups in total. The number of amides is 8. The number of hydrogen-bond acceptors (Lipinski definition) is 15. The maximum Gasteiger partial charge on any atom is 1.00 e. The van der Waals surface area contributed by atoms with Crippen molar-refractivity contribution >= 4 is 74.9 Å². The number of ketones is 2. The molecular formula is C43H55N4NaO15S. The van der Waals surface area contributed by atoms with Crippen LogP contribution < -0.4 is 29.6 Å². The number of likely N-dealkylation sites (tertiary alicyclic amines) is 1. The van der Waals surface area contributed by atoms with Crippen LogP contribution in [-0.4, -0.2) is 122 Å². The van der Waals surface area contributed by atoms with Gasteiger partial charge in [-0.25, -0.2) is 13.2 Å². The summed E-state index contributed by atoms with van der Waals surface area (Å²) in [4.78, 5) is 136. The number of hydrogen-bond donors (Lipinski definition) is 0. The van der Waals surface area contributed by atoms with Gasteiger partial charge in [0.05, 0.1) is 12.3 Å². The third-order valence-corrected chi connectivity index (χ3v) is 14.3. The second-order valence-electron chi connectivity index (χ2n) is 17.7. The number of imide groups is 4. The zero-order valence-corrected chi connectivity index (χ0v) is 39.6. The molecule has 19 nitrogen and oxygen atoms in total. The van der Waals surface area contributed by atoms with E-state index in [1.54, 1.807) is 13.8 Å². The molecule has 5 fully saturated rings. The van der Waals surface area contributed by atoms with Gasteiger partial charge in [-0.15, -0.1) is 5.06 Å². The minimum absolute atomic E-state index is 0. The molecule has 4 heterocycles. The number of rotatable bonds is 11. The number of hydroxylamine groups is 2. The quantitative estimate of drug-likeness (QED) is 0.136. The molecule has 2 atom stereocenters. The third-order valence-electron chi connectivity index (χ3n) is 13.2. The van der Waals surface area contributed by atoms with Crippen LogP contribution in [0.15, 0.2) is 24.3 Å². The number of carbonyl (C=O) groups is 11. The predicted molar refractivity (Wildman–Crippen MR) is 216 cm³/mol. The summed E-state index contributed by atoms with van der Waals surface area (Å²) in [6.07, 6.45) is 13.7. The number of nitrogens with zero attached hydrogens (tertiary/aromatic N) is 4. The Hall–Kier alpha value is -4.24. The topological polar surface area (TPSA) is 267 Å². The van der Waals surface area contributed by atoms with E-state index in [2.05, 4.69) is 0 Å². The van der Waals surface area contributed by atoms with Gasteiger partial charge in [0.25, 0.3) is 35.4 Å². The maximum absolute atomic E-state index is 12.2. The molecule has 344 valence electrons. The molecule has 0 aromatic rings. The van der Waals surface area contributed by atoms with Gasteiger partial charge in [-0.3, -0.25) is 62.6 Å². The SMILES string of the molecule is CC(=O)C1CCC(CN2C(=O)C=CC2=O)CC1.CC(=O)C1CCC(CN2C(=O)CC(C)C2=O)CC1.O=C(ON1C(=O)CC(S(=O)(=O)[O-])C1=O)C1CCC(CN2C(=O)C=CC2=O)CC1.[Na+]. The van der Waals surface area contributed by atoms with Crippen molar-refractivity contribution < 1.29 is 100 Å². The van der Waals surface area contributed by atoms with E-state index in [1.807, 2.05) is 6.92 Å². The van der Waals surface area contributed by atoms with Crippen LogP contribution in [0.4, 0.5) is 0 Å². The van der Waals surface area contributed by atoms with Crippen LogP contribution >= 0.6 is 0 Å². The van der Waals surface area contributed by atoms with Crippen molar-refractivity contribution in [3.05, 3.63) is 24.3 Å².